The van der Waals surface area contributed by atoms with Crippen molar-refractivity contribution >= 4 is 34.7 Å². The Labute approximate surface area is 149 Å². The quantitative estimate of drug-likeness (QED) is 0.265. The zero-order chi connectivity index (χ0) is 18.6. The number of nitrogens with two attached hydrogens (primary N) is 1. The van der Waals surface area contributed by atoms with Crippen molar-refractivity contribution in [3.05, 3.63) is 64.2 Å². The number of para-hydroxylation sites is 2. The molecule has 2 aromatic carbocycles. The monoisotopic (exact) mass is 358 g/mol. The molecule has 0 bridgehead atoms. The lowest BCUT2D eigenvalue weighted by Gasteiger charge is -2.23. The molecule has 7 heteroatoms. The van der Waals surface area contributed by atoms with E-state index >= 15 is 0 Å². The molecule has 2 aromatic rings. The molecule has 0 spiro atoms. The molecule has 0 aliphatic rings. The highest BCUT2D eigenvalue weighted by Crippen LogP contribution is 2.46. The van der Waals surface area contributed by atoms with Crippen LogP contribution in [0.5, 0.6) is 0 Å². The average molecular weight is 358 g/mol. The SMILES string of the molecule is CC(=O)C(C(C)=O)C(Sc1ccccc1N)c1ccccc1[N+](=O)[O-]. The number of nitro benzene ring substituents is 1. The number of hydrogen-bond donors (Lipinski definition) is 1. The lowest BCUT2D eigenvalue weighted by Crippen LogP contribution is -2.26. The molecule has 0 saturated carbocycles. The molecule has 2 N–H and O–H groups in total. The van der Waals surface area contributed by atoms with Crippen LogP contribution in [0.3, 0.4) is 0 Å². The van der Waals surface area contributed by atoms with Gasteiger partial charge >= 0.3 is 0 Å². The Morgan fingerprint density at radius 3 is 2.16 bits per heavy atom. The van der Waals surface area contributed by atoms with Crippen molar-refractivity contribution in [3.63, 3.8) is 0 Å². The Kier molecular flexibility index (Phi) is 5.93. The molecule has 0 amide bonds. The maximum absolute atomic E-state index is 12.1. The molecule has 0 aliphatic heterocycles. The minimum Gasteiger partial charge on any atom is -0.398 e. The molecule has 25 heavy (non-hydrogen) atoms. The highest BCUT2D eigenvalue weighted by Gasteiger charge is 2.36. The summed E-state index contributed by atoms with van der Waals surface area (Å²) >= 11 is 1.19. The molecule has 0 radical (unpaired) electrons. The van der Waals surface area contributed by atoms with Crippen LogP contribution >= 0.6 is 11.8 Å². The largest absolute Gasteiger partial charge is 0.398 e. The van der Waals surface area contributed by atoms with E-state index in [4.69, 9.17) is 5.73 Å². The molecule has 0 saturated heterocycles. The maximum atomic E-state index is 12.1. The first kappa shape index (κ1) is 18.7. The number of carbonyl (C=O) groups excluding carboxylic acids is 2. The highest BCUT2D eigenvalue weighted by atomic mass is 32.2. The number of Topliss-reactive ketones (excluding diaryl/α,β-unsaturated/α-hetero) is 2. The van der Waals surface area contributed by atoms with Crippen LogP contribution in [0.2, 0.25) is 0 Å². The molecule has 6 nitrogen and oxygen atoms in total. The van der Waals surface area contributed by atoms with Crippen LogP contribution in [0.1, 0.15) is 24.7 Å². The van der Waals surface area contributed by atoms with Crippen molar-refractivity contribution < 1.29 is 14.5 Å². The van der Waals surface area contributed by atoms with Crippen LogP contribution in [0.15, 0.2) is 53.4 Å². The number of rotatable bonds is 7. The Bertz CT molecular complexity index is 808. The van der Waals surface area contributed by atoms with Crippen molar-refractivity contribution in [3.8, 4) is 0 Å². The van der Waals surface area contributed by atoms with Gasteiger partial charge in [0.2, 0.25) is 0 Å². The minimum atomic E-state index is -0.995. The van der Waals surface area contributed by atoms with Crippen molar-refractivity contribution in [2.45, 2.75) is 24.0 Å². The standard InChI is InChI=1S/C18H18N2O4S/c1-11(21)17(12(2)22)18(25-16-10-6-4-8-14(16)19)13-7-3-5-9-15(13)20(23)24/h3-10,17-18H,19H2,1-2H3. The van der Waals surface area contributed by atoms with E-state index in [0.717, 1.165) is 0 Å². The number of nitrogen functional groups attached to an aromatic ring is 1. The summed E-state index contributed by atoms with van der Waals surface area (Å²) in [5.41, 5.74) is 6.67. The molecule has 0 aliphatic carbocycles. The lowest BCUT2D eigenvalue weighted by molar-refractivity contribution is -0.385. The van der Waals surface area contributed by atoms with Gasteiger partial charge in [0.25, 0.3) is 5.69 Å². The minimum absolute atomic E-state index is 0.123. The van der Waals surface area contributed by atoms with E-state index in [-0.39, 0.29) is 17.3 Å². The van der Waals surface area contributed by atoms with Crippen molar-refractivity contribution in [1.82, 2.24) is 0 Å². The molecule has 0 heterocycles. The lowest BCUT2D eigenvalue weighted by atomic mass is 9.91. The van der Waals surface area contributed by atoms with Gasteiger partial charge in [0, 0.05) is 22.2 Å². The van der Waals surface area contributed by atoms with E-state index in [0.29, 0.717) is 16.1 Å². The van der Waals surface area contributed by atoms with Gasteiger partial charge in [0.1, 0.15) is 11.6 Å². The number of nitrogens with zero attached hydrogens (tertiary/aromatic N) is 1. The Hall–Kier alpha value is -2.67. The molecule has 1 unspecified atom stereocenters. The maximum Gasteiger partial charge on any atom is 0.273 e. The predicted octanol–water partition coefficient (Wildman–Crippen LogP) is 3.80. The van der Waals surface area contributed by atoms with E-state index in [1.807, 2.05) is 0 Å². The van der Waals surface area contributed by atoms with Crippen LogP contribution in [0.25, 0.3) is 0 Å². The number of ketones is 2. The number of nitro groups is 1. The Morgan fingerprint density at radius 1 is 1.04 bits per heavy atom. The topological polar surface area (TPSA) is 103 Å². The summed E-state index contributed by atoms with van der Waals surface area (Å²) in [7, 11) is 0. The first-order chi connectivity index (χ1) is 11.8. The second kappa shape index (κ2) is 7.94. The van der Waals surface area contributed by atoms with Crippen LogP contribution in [0.4, 0.5) is 11.4 Å². The summed E-state index contributed by atoms with van der Waals surface area (Å²) in [6.45, 7) is 2.64. The number of thioether (sulfide) groups is 1. The van der Waals surface area contributed by atoms with Gasteiger partial charge in [-0.1, -0.05) is 30.3 Å². The summed E-state index contributed by atoms with van der Waals surface area (Å²) in [5.74, 6) is -1.67. The fourth-order valence-corrected chi connectivity index (χ4v) is 4.12. The highest BCUT2D eigenvalue weighted by molar-refractivity contribution is 7.99. The summed E-state index contributed by atoms with van der Waals surface area (Å²) < 4.78 is 0. The first-order valence-corrected chi connectivity index (χ1v) is 8.46. The zero-order valence-corrected chi connectivity index (χ0v) is 14.7. The number of hydrogen-bond acceptors (Lipinski definition) is 6. The van der Waals surface area contributed by atoms with Crippen LogP contribution in [-0.4, -0.2) is 16.5 Å². The third-order valence-corrected chi connectivity index (χ3v) is 5.20. The van der Waals surface area contributed by atoms with E-state index < -0.39 is 16.1 Å². The van der Waals surface area contributed by atoms with E-state index in [9.17, 15) is 19.7 Å². The van der Waals surface area contributed by atoms with Crippen molar-refractivity contribution in [2.24, 2.45) is 5.92 Å². The van der Waals surface area contributed by atoms with Crippen LogP contribution in [-0.2, 0) is 9.59 Å². The summed E-state index contributed by atoms with van der Waals surface area (Å²) in [5, 5.41) is 10.7. The first-order valence-electron chi connectivity index (χ1n) is 7.58. The fraction of sp³-hybridized carbons (Fsp3) is 0.222. The molecule has 130 valence electrons. The van der Waals surface area contributed by atoms with Gasteiger partial charge < -0.3 is 5.73 Å². The zero-order valence-electron chi connectivity index (χ0n) is 13.8. The normalized spacial score (nSPS) is 12.0. The second-order valence-corrected chi connectivity index (χ2v) is 6.77. The summed E-state index contributed by atoms with van der Waals surface area (Å²) in [6, 6.07) is 13.2. The van der Waals surface area contributed by atoms with Crippen molar-refractivity contribution in [1.29, 1.82) is 0 Å². The Morgan fingerprint density at radius 2 is 1.60 bits per heavy atom. The number of anilines is 1. The summed E-state index contributed by atoms with van der Waals surface area (Å²) in [4.78, 5) is 35.8. The van der Waals surface area contributed by atoms with E-state index in [2.05, 4.69) is 0 Å². The van der Waals surface area contributed by atoms with Crippen LogP contribution in [0, 0.1) is 16.0 Å². The molecular weight excluding hydrogens is 340 g/mol. The Balaban J connectivity index is 2.61. The smallest absolute Gasteiger partial charge is 0.273 e. The number of carbonyl (C=O) groups is 2. The molecular formula is C18H18N2O4S. The fourth-order valence-electron chi connectivity index (χ4n) is 2.64. The van der Waals surface area contributed by atoms with Gasteiger partial charge in [-0.2, -0.15) is 0 Å². The number of benzene rings is 2. The predicted molar refractivity (Wildman–Crippen MR) is 97.4 cm³/mol. The molecule has 0 fully saturated rings. The van der Waals surface area contributed by atoms with Gasteiger partial charge in [-0.15, -0.1) is 11.8 Å². The second-order valence-electron chi connectivity index (χ2n) is 5.59. The van der Waals surface area contributed by atoms with Gasteiger partial charge in [0.15, 0.2) is 0 Å². The van der Waals surface area contributed by atoms with Gasteiger partial charge in [-0.05, 0) is 26.0 Å². The van der Waals surface area contributed by atoms with Gasteiger partial charge in [0.05, 0.1) is 16.1 Å². The third-order valence-electron chi connectivity index (χ3n) is 3.79. The van der Waals surface area contributed by atoms with Gasteiger partial charge in [-0.3, -0.25) is 19.7 Å². The summed E-state index contributed by atoms with van der Waals surface area (Å²) in [6.07, 6.45) is 0. The van der Waals surface area contributed by atoms with Gasteiger partial charge in [-0.25, -0.2) is 0 Å². The van der Waals surface area contributed by atoms with E-state index in [1.165, 1.54) is 31.7 Å². The molecule has 2 rings (SSSR count). The third kappa shape index (κ3) is 4.24. The molecule has 1 atom stereocenters. The van der Waals surface area contributed by atoms with Crippen molar-refractivity contribution in [2.75, 3.05) is 5.73 Å². The van der Waals surface area contributed by atoms with E-state index in [1.54, 1.807) is 42.5 Å². The molecule has 0 aromatic heterocycles. The van der Waals surface area contributed by atoms with Crippen LogP contribution < -0.4 is 5.73 Å². The average Bonchev–Trinajstić information content (AvgIpc) is 2.55.